The van der Waals surface area contributed by atoms with E-state index in [9.17, 15) is 14.0 Å². The lowest BCUT2D eigenvalue weighted by atomic mass is 10.1. The van der Waals surface area contributed by atoms with Crippen LogP contribution in [0.2, 0.25) is 5.02 Å². The van der Waals surface area contributed by atoms with Gasteiger partial charge in [-0.1, -0.05) is 35.4 Å². The average Bonchev–Trinajstić information content (AvgIpc) is 2.61. The van der Waals surface area contributed by atoms with Crippen molar-refractivity contribution in [1.29, 1.82) is 0 Å². The fourth-order valence-corrected chi connectivity index (χ4v) is 3.10. The zero-order valence-electron chi connectivity index (χ0n) is 13.8. The van der Waals surface area contributed by atoms with Crippen LogP contribution < -0.4 is 0 Å². The first kappa shape index (κ1) is 17.4. The molecule has 4 nitrogen and oxygen atoms in total. The van der Waals surface area contributed by atoms with Crippen LogP contribution in [0, 0.1) is 12.7 Å². The summed E-state index contributed by atoms with van der Waals surface area (Å²) in [5, 5.41) is 0.100. The Labute approximate surface area is 150 Å². The van der Waals surface area contributed by atoms with E-state index in [2.05, 4.69) is 0 Å². The maximum absolute atomic E-state index is 13.9. The van der Waals surface area contributed by atoms with Crippen molar-refractivity contribution in [1.82, 2.24) is 9.80 Å². The van der Waals surface area contributed by atoms with E-state index in [-0.39, 0.29) is 16.5 Å². The fraction of sp³-hybridized carbons (Fsp3) is 0.263. The molecule has 0 saturated carbocycles. The van der Waals surface area contributed by atoms with Crippen LogP contribution in [0.3, 0.4) is 0 Å². The zero-order valence-corrected chi connectivity index (χ0v) is 14.6. The summed E-state index contributed by atoms with van der Waals surface area (Å²) in [5.41, 5.74) is 1.61. The third-order valence-corrected chi connectivity index (χ3v) is 4.64. The van der Waals surface area contributed by atoms with Crippen molar-refractivity contribution in [2.24, 2.45) is 0 Å². The van der Waals surface area contributed by atoms with Gasteiger partial charge in [0, 0.05) is 31.7 Å². The number of piperazine rings is 1. The summed E-state index contributed by atoms with van der Waals surface area (Å²) in [4.78, 5) is 28.3. The Balaban J connectivity index is 1.66. The normalized spacial score (nSPS) is 14.5. The van der Waals surface area contributed by atoms with Gasteiger partial charge >= 0.3 is 0 Å². The molecule has 0 atom stereocenters. The molecule has 1 fully saturated rings. The number of nitrogens with zero attached hydrogens (tertiary/aromatic N) is 2. The van der Waals surface area contributed by atoms with Crippen molar-refractivity contribution >= 4 is 23.4 Å². The molecule has 3 rings (SSSR count). The van der Waals surface area contributed by atoms with Gasteiger partial charge in [0.1, 0.15) is 5.82 Å². The van der Waals surface area contributed by atoms with Crippen molar-refractivity contribution in [3.8, 4) is 0 Å². The number of aryl methyl sites for hydroxylation is 1. The van der Waals surface area contributed by atoms with E-state index in [0.29, 0.717) is 31.7 Å². The van der Waals surface area contributed by atoms with Crippen LogP contribution in [0.25, 0.3) is 0 Å². The molecular weight excluding hydrogens is 343 g/mol. The number of amides is 2. The SMILES string of the molecule is Cc1ccc(C(=O)N2CCN(C(=O)c3c(F)cccc3Cl)CC2)cc1. The Morgan fingerprint density at radius 3 is 2.04 bits per heavy atom. The van der Waals surface area contributed by atoms with Gasteiger partial charge in [-0.15, -0.1) is 0 Å². The van der Waals surface area contributed by atoms with Crippen LogP contribution in [0.15, 0.2) is 42.5 Å². The van der Waals surface area contributed by atoms with Crippen molar-refractivity contribution in [3.05, 3.63) is 70.0 Å². The summed E-state index contributed by atoms with van der Waals surface area (Å²) in [6.07, 6.45) is 0. The Hall–Kier alpha value is -2.40. The number of rotatable bonds is 2. The van der Waals surface area contributed by atoms with Gasteiger partial charge in [0.15, 0.2) is 0 Å². The molecule has 2 aromatic carbocycles. The summed E-state index contributed by atoms with van der Waals surface area (Å²) in [5.74, 6) is -1.13. The van der Waals surface area contributed by atoms with E-state index in [4.69, 9.17) is 11.6 Å². The van der Waals surface area contributed by atoms with E-state index in [0.717, 1.165) is 5.56 Å². The molecule has 2 aromatic rings. The van der Waals surface area contributed by atoms with Gasteiger partial charge in [0.05, 0.1) is 10.6 Å². The third-order valence-electron chi connectivity index (χ3n) is 4.33. The molecule has 0 aromatic heterocycles. The van der Waals surface area contributed by atoms with Crippen LogP contribution in [0.5, 0.6) is 0 Å². The van der Waals surface area contributed by atoms with Gasteiger partial charge in [-0.05, 0) is 31.2 Å². The third kappa shape index (κ3) is 3.66. The molecule has 1 aliphatic rings. The molecule has 130 valence electrons. The highest BCUT2D eigenvalue weighted by Crippen LogP contribution is 2.21. The fourth-order valence-electron chi connectivity index (χ4n) is 2.85. The van der Waals surface area contributed by atoms with Gasteiger partial charge in [-0.3, -0.25) is 9.59 Å². The van der Waals surface area contributed by atoms with E-state index in [1.54, 1.807) is 17.0 Å². The Morgan fingerprint density at radius 1 is 0.920 bits per heavy atom. The van der Waals surface area contributed by atoms with Crippen molar-refractivity contribution in [3.63, 3.8) is 0 Å². The van der Waals surface area contributed by atoms with Crippen LogP contribution in [-0.4, -0.2) is 47.8 Å². The lowest BCUT2D eigenvalue weighted by molar-refractivity contribution is 0.0533. The smallest absolute Gasteiger partial charge is 0.258 e. The highest BCUT2D eigenvalue weighted by atomic mass is 35.5. The van der Waals surface area contributed by atoms with E-state index >= 15 is 0 Å². The van der Waals surface area contributed by atoms with Gasteiger partial charge in [0.25, 0.3) is 11.8 Å². The number of hydrogen-bond donors (Lipinski definition) is 0. The summed E-state index contributed by atoms with van der Waals surface area (Å²) >= 11 is 5.96. The lowest BCUT2D eigenvalue weighted by Gasteiger charge is -2.35. The minimum absolute atomic E-state index is 0.0592. The molecule has 0 N–H and O–H groups in total. The molecule has 0 unspecified atom stereocenters. The van der Waals surface area contributed by atoms with E-state index < -0.39 is 11.7 Å². The second kappa shape index (κ2) is 7.23. The minimum Gasteiger partial charge on any atom is -0.335 e. The zero-order chi connectivity index (χ0) is 18.0. The maximum atomic E-state index is 13.9. The maximum Gasteiger partial charge on any atom is 0.258 e. The topological polar surface area (TPSA) is 40.6 Å². The summed E-state index contributed by atoms with van der Waals surface area (Å²) in [7, 11) is 0. The second-order valence-corrected chi connectivity index (χ2v) is 6.45. The molecule has 1 heterocycles. The summed E-state index contributed by atoms with van der Waals surface area (Å²) < 4.78 is 13.9. The molecule has 0 aliphatic carbocycles. The van der Waals surface area contributed by atoms with Crippen molar-refractivity contribution in [2.75, 3.05) is 26.2 Å². The summed E-state index contributed by atoms with van der Waals surface area (Å²) in [6, 6.07) is 11.6. The molecule has 0 bridgehead atoms. The van der Waals surface area contributed by atoms with Crippen LogP contribution in [-0.2, 0) is 0 Å². The first-order chi connectivity index (χ1) is 12.0. The Morgan fingerprint density at radius 2 is 1.48 bits per heavy atom. The number of hydrogen-bond acceptors (Lipinski definition) is 2. The van der Waals surface area contributed by atoms with Gasteiger partial charge in [0.2, 0.25) is 0 Å². The largest absolute Gasteiger partial charge is 0.335 e. The van der Waals surface area contributed by atoms with Crippen molar-refractivity contribution in [2.45, 2.75) is 6.92 Å². The quantitative estimate of drug-likeness (QED) is 0.823. The average molecular weight is 361 g/mol. The van der Waals surface area contributed by atoms with Gasteiger partial charge < -0.3 is 9.80 Å². The highest BCUT2D eigenvalue weighted by molar-refractivity contribution is 6.33. The molecule has 1 saturated heterocycles. The molecular formula is C19H18ClFN2O2. The van der Waals surface area contributed by atoms with Crippen molar-refractivity contribution < 1.29 is 14.0 Å². The Kier molecular flexibility index (Phi) is 5.04. The predicted molar refractivity (Wildman–Crippen MR) is 94.4 cm³/mol. The van der Waals surface area contributed by atoms with Gasteiger partial charge in [-0.25, -0.2) is 4.39 Å². The molecule has 1 aliphatic heterocycles. The standard InChI is InChI=1S/C19H18ClFN2O2/c1-13-5-7-14(8-6-13)18(24)22-9-11-23(12-10-22)19(25)17-15(20)3-2-4-16(17)21/h2-8H,9-12H2,1H3. The van der Waals surface area contributed by atoms with E-state index in [1.165, 1.54) is 23.1 Å². The molecule has 6 heteroatoms. The second-order valence-electron chi connectivity index (χ2n) is 6.05. The number of benzene rings is 2. The lowest BCUT2D eigenvalue weighted by Crippen LogP contribution is -2.50. The molecule has 25 heavy (non-hydrogen) atoms. The number of carbonyl (C=O) groups is 2. The number of halogens is 2. The van der Waals surface area contributed by atoms with Crippen LogP contribution >= 0.6 is 11.6 Å². The highest BCUT2D eigenvalue weighted by Gasteiger charge is 2.28. The first-order valence-electron chi connectivity index (χ1n) is 8.06. The predicted octanol–water partition coefficient (Wildman–Crippen LogP) is 3.39. The molecule has 0 spiro atoms. The number of carbonyl (C=O) groups excluding carboxylic acids is 2. The Bertz CT molecular complexity index is 779. The van der Waals surface area contributed by atoms with E-state index in [1.807, 2.05) is 19.1 Å². The molecule has 2 amide bonds. The van der Waals surface area contributed by atoms with Crippen LogP contribution in [0.4, 0.5) is 4.39 Å². The summed E-state index contributed by atoms with van der Waals surface area (Å²) in [6.45, 7) is 3.48. The minimum atomic E-state index is -0.629. The van der Waals surface area contributed by atoms with Gasteiger partial charge in [-0.2, -0.15) is 0 Å². The van der Waals surface area contributed by atoms with Crippen LogP contribution in [0.1, 0.15) is 26.3 Å². The molecule has 0 radical (unpaired) electrons. The first-order valence-corrected chi connectivity index (χ1v) is 8.44. The monoisotopic (exact) mass is 360 g/mol.